The summed E-state index contributed by atoms with van der Waals surface area (Å²) in [6, 6.07) is 3.69. The van der Waals surface area contributed by atoms with E-state index in [0.717, 1.165) is 0 Å². The van der Waals surface area contributed by atoms with Crippen molar-refractivity contribution in [2.75, 3.05) is 27.4 Å². The summed E-state index contributed by atoms with van der Waals surface area (Å²) in [6.45, 7) is 1.44. The van der Waals surface area contributed by atoms with Gasteiger partial charge < -0.3 is 55.3 Å². The molecule has 2 aliphatic rings. The Morgan fingerprint density at radius 3 is 2.24 bits per heavy atom. The number of hydrogen-bond donors (Lipinski definition) is 7. The molecule has 9 atom stereocenters. The maximum atomic E-state index is 12.4. The van der Waals surface area contributed by atoms with Gasteiger partial charge in [0, 0.05) is 19.5 Å². The molecule has 14 heteroatoms. The van der Waals surface area contributed by atoms with Gasteiger partial charge in [-0.2, -0.15) is 0 Å². The van der Waals surface area contributed by atoms with Crippen molar-refractivity contribution in [3.05, 3.63) is 29.8 Å². The number of rotatable bonds is 7. The molecular weight excluding hydrogens is 503 g/mol. The molecule has 7 N–H and O–H groups in total. The van der Waals surface area contributed by atoms with Crippen LogP contribution in [0.4, 0.5) is 13.2 Å². The van der Waals surface area contributed by atoms with E-state index in [-0.39, 0.29) is 32.1 Å². The molecule has 1 aliphatic carbocycles. The number of nitrogens with one attached hydrogen (secondary N) is 3. The van der Waals surface area contributed by atoms with Gasteiger partial charge in [0.1, 0.15) is 36.5 Å². The van der Waals surface area contributed by atoms with E-state index in [9.17, 15) is 33.6 Å². The zero-order valence-corrected chi connectivity index (χ0v) is 20.8. The summed E-state index contributed by atoms with van der Waals surface area (Å²) in [5.74, 6) is -0.356. The molecule has 11 nitrogen and oxygen atoms in total. The highest BCUT2D eigenvalue weighted by molar-refractivity contribution is 5.27. The number of alkyl halides is 3. The van der Waals surface area contributed by atoms with Crippen LogP contribution in [0.25, 0.3) is 0 Å². The highest BCUT2D eigenvalue weighted by Crippen LogP contribution is 2.31. The van der Waals surface area contributed by atoms with Crippen LogP contribution in [0.1, 0.15) is 18.9 Å². The van der Waals surface area contributed by atoms with Gasteiger partial charge in [0.15, 0.2) is 6.29 Å². The van der Waals surface area contributed by atoms with Gasteiger partial charge >= 0.3 is 6.36 Å². The third kappa shape index (κ3) is 7.50. The van der Waals surface area contributed by atoms with Crippen LogP contribution in [0, 0.1) is 0 Å². The number of halogens is 3. The second-order valence-corrected chi connectivity index (χ2v) is 9.39. The normalized spacial score (nSPS) is 37.6. The molecular formula is C23H36F3N3O8. The zero-order valence-electron chi connectivity index (χ0n) is 20.8. The molecule has 9 unspecified atom stereocenters. The lowest BCUT2D eigenvalue weighted by Crippen LogP contribution is -2.72. The second-order valence-electron chi connectivity index (χ2n) is 9.39. The Balaban J connectivity index is 1.72. The molecule has 2 fully saturated rings. The minimum absolute atomic E-state index is 0.0608. The van der Waals surface area contributed by atoms with Crippen LogP contribution in [0.3, 0.4) is 0 Å². The molecule has 1 aromatic rings. The lowest BCUT2D eigenvalue weighted by molar-refractivity contribution is -0.301. The lowest BCUT2D eigenvalue weighted by Gasteiger charge is -2.49. The number of ether oxygens (including phenoxy) is 4. The first-order valence-corrected chi connectivity index (χ1v) is 11.9. The SMILES string of the molecule is CNC1C(O)C(NC)C2OC(O)C(O)(CNCc3ccc(OC(F)(F)F)cc3)CC(C)OCOC2C1O. The number of fused-ring (bicyclic) bond motifs is 1. The van der Waals surface area contributed by atoms with Crippen LogP contribution in [0.5, 0.6) is 5.75 Å². The van der Waals surface area contributed by atoms with Gasteiger partial charge in [-0.1, -0.05) is 12.1 Å². The molecule has 212 valence electrons. The first kappa shape index (κ1) is 30.0. The van der Waals surface area contributed by atoms with Crippen molar-refractivity contribution < 1.29 is 52.5 Å². The average molecular weight is 540 g/mol. The summed E-state index contributed by atoms with van der Waals surface area (Å²) in [4.78, 5) is 0. The van der Waals surface area contributed by atoms with E-state index in [0.29, 0.717) is 5.56 Å². The minimum atomic E-state index is -4.79. The maximum absolute atomic E-state index is 12.4. The van der Waals surface area contributed by atoms with E-state index in [1.807, 2.05) is 0 Å². The molecule has 1 saturated heterocycles. The summed E-state index contributed by atoms with van der Waals surface area (Å²) in [6.07, 6.45) is -11.6. The van der Waals surface area contributed by atoms with Crippen molar-refractivity contribution in [1.29, 1.82) is 0 Å². The molecule has 0 spiro atoms. The highest BCUT2D eigenvalue weighted by Gasteiger charge is 2.53. The summed E-state index contributed by atoms with van der Waals surface area (Å²) in [5.41, 5.74) is -1.26. The molecule has 3 rings (SSSR count). The van der Waals surface area contributed by atoms with Crippen LogP contribution in [-0.4, -0.2) is 109 Å². The van der Waals surface area contributed by atoms with E-state index in [1.165, 1.54) is 24.3 Å². The molecule has 0 amide bonds. The Morgan fingerprint density at radius 1 is 1.00 bits per heavy atom. The maximum Gasteiger partial charge on any atom is 0.573 e. The third-order valence-corrected chi connectivity index (χ3v) is 6.70. The predicted molar refractivity (Wildman–Crippen MR) is 123 cm³/mol. The summed E-state index contributed by atoms with van der Waals surface area (Å²) in [7, 11) is 3.17. The van der Waals surface area contributed by atoms with E-state index in [4.69, 9.17) is 14.2 Å². The van der Waals surface area contributed by atoms with Gasteiger partial charge in [-0.25, -0.2) is 0 Å². The molecule has 1 heterocycles. The number of hydrogen-bond acceptors (Lipinski definition) is 11. The van der Waals surface area contributed by atoms with E-state index >= 15 is 0 Å². The zero-order chi connectivity index (χ0) is 27.4. The largest absolute Gasteiger partial charge is 0.573 e. The average Bonchev–Trinajstić information content (AvgIpc) is 2.81. The Labute approximate surface area is 212 Å². The van der Waals surface area contributed by atoms with Crippen LogP contribution >= 0.6 is 0 Å². The van der Waals surface area contributed by atoms with Gasteiger partial charge in [0.25, 0.3) is 0 Å². The Bertz CT molecular complexity index is 852. The van der Waals surface area contributed by atoms with Crippen molar-refractivity contribution in [2.45, 2.75) is 80.7 Å². The molecule has 1 aromatic carbocycles. The Kier molecular flexibility index (Phi) is 10.1. The fraction of sp³-hybridized carbons (Fsp3) is 0.739. The lowest BCUT2D eigenvalue weighted by atomic mass is 9.81. The molecule has 1 saturated carbocycles. The van der Waals surface area contributed by atoms with Crippen molar-refractivity contribution in [3.8, 4) is 5.75 Å². The standard InChI is InChI=1S/C23H36F3N3O8/c1-12-8-22(33,10-29-9-13-4-6-14(7-5-13)37-23(24,25)26)21(32)36-19-16(28-3)17(30)15(27-2)18(31)20(19)35-11-34-12/h4-7,12,15-21,27-33H,8-11H2,1-3H3. The molecule has 0 bridgehead atoms. The molecule has 37 heavy (non-hydrogen) atoms. The van der Waals surface area contributed by atoms with Crippen LogP contribution in [0.15, 0.2) is 24.3 Å². The van der Waals surface area contributed by atoms with Gasteiger partial charge in [-0.3, -0.25) is 0 Å². The van der Waals surface area contributed by atoms with Gasteiger partial charge in [0.2, 0.25) is 0 Å². The monoisotopic (exact) mass is 539 g/mol. The van der Waals surface area contributed by atoms with Crippen molar-refractivity contribution >= 4 is 0 Å². The van der Waals surface area contributed by atoms with E-state index in [1.54, 1.807) is 21.0 Å². The highest BCUT2D eigenvalue weighted by atomic mass is 19.4. The fourth-order valence-corrected chi connectivity index (χ4v) is 4.81. The quantitative estimate of drug-likeness (QED) is 0.232. The number of aliphatic hydroxyl groups is 4. The van der Waals surface area contributed by atoms with Gasteiger partial charge in [-0.05, 0) is 38.7 Å². The smallest absolute Gasteiger partial charge is 0.406 e. The fourth-order valence-electron chi connectivity index (χ4n) is 4.81. The number of likely N-dealkylation sites (N-methyl/N-ethyl adjacent to an activating group) is 2. The Hall–Kier alpha value is -1.59. The number of aliphatic hydroxyl groups excluding tert-OH is 3. The van der Waals surface area contributed by atoms with Crippen molar-refractivity contribution in [3.63, 3.8) is 0 Å². The van der Waals surface area contributed by atoms with Crippen LogP contribution < -0.4 is 20.7 Å². The summed E-state index contributed by atoms with van der Waals surface area (Å²) in [5, 5.41) is 52.7. The van der Waals surface area contributed by atoms with Gasteiger partial charge in [-0.15, -0.1) is 13.2 Å². The topological polar surface area (TPSA) is 154 Å². The molecule has 0 aromatic heterocycles. The first-order valence-electron chi connectivity index (χ1n) is 11.9. The number of benzene rings is 1. The van der Waals surface area contributed by atoms with Crippen LogP contribution in [0.2, 0.25) is 0 Å². The van der Waals surface area contributed by atoms with E-state index in [2.05, 4.69) is 20.7 Å². The summed E-state index contributed by atoms with van der Waals surface area (Å²) >= 11 is 0. The minimum Gasteiger partial charge on any atom is -0.406 e. The second kappa shape index (κ2) is 12.5. The van der Waals surface area contributed by atoms with Crippen LogP contribution in [-0.2, 0) is 20.8 Å². The van der Waals surface area contributed by atoms with Crippen molar-refractivity contribution in [1.82, 2.24) is 16.0 Å². The van der Waals surface area contributed by atoms with Gasteiger partial charge in [0.05, 0.1) is 24.3 Å². The molecule has 0 radical (unpaired) electrons. The Morgan fingerprint density at radius 2 is 1.65 bits per heavy atom. The molecule has 1 aliphatic heterocycles. The first-order chi connectivity index (χ1) is 17.4. The third-order valence-electron chi connectivity index (χ3n) is 6.70. The van der Waals surface area contributed by atoms with E-state index < -0.39 is 60.9 Å². The summed E-state index contributed by atoms with van der Waals surface area (Å²) < 4.78 is 58.2. The van der Waals surface area contributed by atoms with Crippen molar-refractivity contribution in [2.24, 2.45) is 0 Å². The predicted octanol–water partition coefficient (Wildman–Crippen LogP) is -0.828.